The summed E-state index contributed by atoms with van der Waals surface area (Å²) < 4.78 is 0. The van der Waals surface area contributed by atoms with Gasteiger partial charge in [-0.15, -0.1) is 0 Å². The maximum atomic E-state index is 11.1. The van der Waals surface area contributed by atoms with Crippen LogP contribution in [0.3, 0.4) is 0 Å². The van der Waals surface area contributed by atoms with E-state index < -0.39 is 5.97 Å². The molecule has 0 saturated heterocycles. The van der Waals surface area contributed by atoms with Gasteiger partial charge in [0.2, 0.25) is 0 Å². The summed E-state index contributed by atoms with van der Waals surface area (Å²) in [5.41, 5.74) is 0.809. The maximum absolute atomic E-state index is 11.1. The fourth-order valence-electron chi connectivity index (χ4n) is 4.49. The Morgan fingerprint density at radius 1 is 1.37 bits per heavy atom. The Morgan fingerprint density at radius 3 is 2.79 bits per heavy atom. The second-order valence-corrected chi connectivity index (χ2v) is 6.08. The maximum Gasteiger partial charge on any atom is 0.339 e. The van der Waals surface area contributed by atoms with Crippen LogP contribution in [0.15, 0.2) is 12.5 Å². The van der Waals surface area contributed by atoms with Gasteiger partial charge in [0.15, 0.2) is 0 Å². The Labute approximate surface area is 111 Å². The van der Waals surface area contributed by atoms with Gasteiger partial charge in [-0.1, -0.05) is 0 Å². The minimum Gasteiger partial charge on any atom is -0.478 e. The minimum atomic E-state index is -0.950. The van der Waals surface area contributed by atoms with E-state index in [0.29, 0.717) is 18.3 Å². The Hall–Kier alpha value is -1.49. The molecule has 3 saturated carbocycles. The molecule has 5 nitrogen and oxygen atoms in total. The molecule has 1 aromatic rings. The minimum absolute atomic E-state index is 0.212. The van der Waals surface area contributed by atoms with Crippen LogP contribution in [0.1, 0.15) is 35.3 Å². The van der Waals surface area contributed by atoms with Gasteiger partial charge in [0, 0.05) is 18.8 Å². The van der Waals surface area contributed by atoms with E-state index in [1.54, 1.807) is 0 Å². The van der Waals surface area contributed by atoms with Crippen LogP contribution in [-0.2, 0) is 6.54 Å². The summed E-state index contributed by atoms with van der Waals surface area (Å²) in [7, 11) is 0. The lowest BCUT2D eigenvalue weighted by molar-refractivity contribution is 0.0694. The molecule has 0 aromatic carbocycles. The highest BCUT2D eigenvalue weighted by molar-refractivity contribution is 5.88. The molecule has 1 aromatic heterocycles. The van der Waals surface area contributed by atoms with Crippen molar-refractivity contribution in [3.63, 3.8) is 0 Å². The summed E-state index contributed by atoms with van der Waals surface area (Å²) in [5, 5.41) is 12.6. The van der Waals surface area contributed by atoms with Crippen LogP contribution in [0.5, 0.6) is 0 Å². The number of aromatic nitrogens is 2. The van der Waals surface area contributed by atoms with Crippen LogP contribution in [-0.4, -0.2) is 27.1 Å². The third kappa shape index (κ3) is 1.68. The third-order valence-electron chi connectivity index (χ3n) is 5.27. The predicted molar refractivity (Wildman–Crippen MR) is 67.4 cm³/mol. The summed E-state index contributed by atoms with van der Waals surface area (Å²) in [4.78, 5) is 19.0. The molecule has 0 amide bonds. The van der Waals surface area contributed by atoms with E-state index in [1.165, 1.54) is 31.8 Å². The molecule has 2 N–H and O–H groups in total. The quantitative estimate of drug-likeness (QED) is 0.852. The van der Waals surface area contributed by atoms with Gasteiger partial charge in [-0.05, 0) is 42.9 Å². The molecule has 3 fully saturated rings. The van der Waals surface area contributed by atoms with Crippen molar-refractivity contribution in [1.29, 1.82) is 0 Å². The zero-order valence-electron chi connectivity index (χ0n) is 10.6. The van der Waals surface area contributed by atoms with Gasteiger partial charge >= 0.3 is 5.97 Å². The summed E-state index contributed by atoms with van der Waals surface area (Å²) in [5.74, 6) is 2.62. The number of hydrogen-bond acceptors (Lipinski definition) is 4. The third-order valence-corrected chi connectivity index (χ3v) is 5.27. The van der Waals surface area contributed by atoms with Crippen molar-refractivity contribution in [3.05, 3.63) is 23.8 Å². The van der Waals surface area contributed by atoms with E-state index in [-0.39, 0.29) is 5.56 Å². The normalized spacial score (nSPS) is 38.2. The molecule has 1 heterocycles. The van der Waals surface area contributed by atoms with E-state index in [2.05, 4.69) is 15.3 Å². The highest BCUT2D eigenvalue weighted by atomic mass is 16.4. The van der Waals surface area contributed by atoms with Crippen molar-refractivity contribution in [2.75, 3.05) is 0 Å². The molecule has 0 aliphatic heterocycles. The molecular formula is C14H17N3O2. The van der Waals surface area contributed by atoms with Crippen molar-refractivity contribution >= 4 is 5.97 Å². The van der Waals surface area contributed by atoms with Crippen molar-refractivity contribution in [2.24, 2.45) is 23.7 Å². The number of nitrogens with zero attached hydrogens (tertiary/aromatic N) is 2. The smallest absolute Gasteiger partial charge is 0.339 e. The average molecular weight is 259 g/mol. The highest BCUT2D eigenvalue weighted by Gasteiger charge is 2.64. The monoisotopic (exact) mass is 259 g/mol. The second kappa shape index (κ2) is 4.00. The number of carboxylic acids is 1. The molecule has 3 aliphatic rings. The van der Waals surface area contributed by atoms with Crippen LogP contribution in [0.4, 0.5) is 0 Å². The fourth-order valence-corrected chi connectivity index (χ4v) is 4.49. The largest absolute Gasteiger partial charge is 0.478 e. The first-order valence-corrected chi connectivity index (χ1v) is 7.01. The van der Waals surface area contributed by atoms with Crippen LogP contribution < -0.4 is 5.32 Å². The molecular weight excluding hydrogens is 242 g/mol. The lowest BCUT2D eigenvalue weighted by Crippen LogP contribution is -2.24. The van der Waals surface area contributed by atoms with E-state index in [4.69, 9.17) is 5.11 Å². The number of carbonyl (C=O) groups is 1. The summed E-state index contributed by atoms with van der Waals surface area (Å²) in [6.45, 7) is 0.543. The molecule has 4 unspecified atom stereocenters. The SMILES string of the molecule is O=C(O)c1cncnc1CNC1C2C3CCC(C3)C12. The fraction of sp³-hybridized carbons (Fsp3) is 0.643. The zero-order valence-corrected chi connectivity index (χ0v) is 10.6. The van der Waals surface area contributed by atoms with E-state index in [1.807, 2.05) is 0 Å². The molecule has 5 heteroatoms. The summed E-state index contributed by atoms with van der Waals surface area (Å²) in [6, 6.07) is 0.600. The molecule has 0 radical (unpaired) electrons. The lowest BCUT2D eigenvalue weighted by atomic mass is 10.0. The number of hydrogen-bond donors (Lipinski definition) is 2. The Morgan fingerprint density at radius 2 is 2.11 bits per heavy atom. The molecule has 3 aliphatic carbocycles. The van der Waals surface area contributed by atoms with Crippen LogP contribution in [0, 0.1) is 23.7 Å². The predicted octanol–water partition coefficient (Wildman–Crippen LogP) is 1.31. The van der Waals surface area contributed by atoms with E-state index in [0.717, 1.165) is 23.7 Å². The summed E-state index contributed by atoms with van der Waals surface area (Å²) >= 11 is 0. The van der Waals surface area contributed by atoms with E-state index >= 15 is 0 Å². The molecule has 19 heavy (non-hydrogen) atoms. The number of fused-ring (bicyclic) bond motifs is 5. The van der Waals surface area contributed by atoms with Crippen LogP contribution in [0.2, 0.25) is 0 Å². The summed E-state index contributed by atoms with van der Waals surface area (Å²) in [6.07, 6.45) is 7.03. The topological polar surface area (TPSA) is 75.1 Å². The highest BCUT2D eigenvalue weighted by Crippen LogP contribution is 2.65. The first-order chi connectivity index (χ1) is 9.25. The van der Waals surface area contributed by atoms with Gasteiger partial charge in [-0.25, -0.2) is 14.8 Å². The van der Waals surface area contributed by atoms with Crippen molar-refractivity contribution < 1.29 is 9.90 Å². The van der Waals surface area contributed by atoms with Gasteiger partial charge in [-0.2, -0.15) is 0 Å². The van der Waals surface area contributed by atoms with Gasteiger partial charge < -0.3 is 10.4 Å². The molecule has 4 atom stereocenters. The van der Waals surface area contributed by atoms with Gasteiger partial charge in [0.25, 0.3) is 0 Å². The first-order valence-electron chi connectivity index (χ1n) is 7.01. The average Bonchev–Trinajstić information content (AvgIpc) is 2.80. The lowest BCUT2D eigenvalue weighted by Gasteiger charge is -2.11. The number of carboxylic acid groups (broad SMARTS) is 1. The van der Waals surface area contributed by atoms with Crippen molar-refractivity contribution in [1.82, 2.24) is 15.3 Å². The number of nitrogens with one attached hydrogen (secondary N) is 1. The molecule has 0 spiro atoms. The van der Waals surface area contributed by atoms with Crippen molar-refractivity contribution in [3.8, 4) is 0 Å². The van der Waals surface area contributed by atoms with Crippen molar-refractivity contribution in [2.45, 2.75) is 31.8 Å². The van der Waals surface area contributed by atoms with Gasteiger partial charge in [0.1, 0.15) is 11.9 Å². The number of aromatic carboxylic acids is 1. The molecule has 4 rings (SSSR count). The second-order valence-electron chi connectivity index (χ2n) is 6.08. The Balaban J connectivity index is 1.43. The molecule has 100 valence electrons. The zero-order chi connectivity index (χ0) is 13.0. The van der Waals surface area contributed by atoms with E-state index in [9.17, 15) is 4.79 Å². The Bertz CT molecular complexity index is 517. The van der Waals surface area contributed by atoms with Gasteiger partial charge in [0.05, 0.1) is 5.69 Å². The van der Waals surface area contributed by atoms with Crippen LogP contribution >= 0.6 is 0 Å². The Kier molecular flexibility index (Phi) is 2.39. The first kappa shape index (κ1) is 11.3. The van der Waals surface area contributed by atoms with Crippen LogP contribution in [0.25, 0.3) is 0 Å². The molecule has 2 bridgehead atoms. The van der Waals surface area contributed by atoms with Gasteiger partial charge in [-0.3, -0.25) is 0 Å². The number of rotatable bonds is 4. The standard InChI is InChI=1S/C14H17N3O2/c18-14(19)9-4-15-6-17-10(9)5-16-13-11-7-1-2-8(3-7)12(11)13/h4,6-8,11-13,16H,1-3,5H2,(H,18,19).